The number of carbonyl (C=O) groups is 2. The lowest BCUT2D eigenvalue weighted by Crippen LogP contribution is -2.37. The van der Waals surface area contributed by atoms with Gasteiger partial charge in [-0.25, -0.2) is 4.79 Å². The van der Waals surface area contributed by atoms with Crippen LogP contribution in [0.2, 0.25) is 0 Å². The molecule has 0 unspecified atom stereocenters. The average molecular weight is 354 g/mol. The smallest absolute Gasteiger partial charge is 0.344 e. The van der Waals surface area contributed by atoms with Crippen molar-refractivity contribution in [2.24, 2.45) is 0 Å². The van der Waals surface area contributed by atoms with E-state index in [9.17, 15) is 9.59 Å². The normalized spacial score (nSPS) is 11.0. The van der Waals surface area contributed by atoms with E-state index in [1.54, 1.807) is 0 Å². The molecule has 2 aromatic rings. The highest BCUT2D eigenvalue weighted by molar-refractivity contribution is 5.88. The molecule has 4 heteroatoms. The summed E-state index contributed by atoms with van der Waals surface area (Å²) in [7, 11) is 0. The van der Waals surface area contributed by atoms with Gasteiger partial charge in [-0.3, -0.25) is 4.79 Å². The molecule has 0 aliphatic rings. The fraction of sp³-hybridized carbons (Fsp3) is 0.364. The molecule has 0 radical (unpaired) electrons. The lowest BCUT2D eigenvalue weighted by atomic mass is 9.76. The standard InChI is InChI=1S/C22H26O4/c1-3-4-11-16-25-20(23)17-26-21(24)22(2,18-12-7-5-8-13-18)19-14-9-6-10-15-19/h5-10,12-15H,3-4,11,16-17H2,1-2H3. The quantitative estimate of drug-likeness (QED) is 0.498. The Bertz CT molecular complexity index is 655. The molecular weight excluding hydrogens is 328 g/mol. The maximum absolute atomic E-state index is 12.9. The summed E-state index contributed by atoms with van der Waals surface area (Å²) in [6, 6.07) is 18.9. The Morgan fingerprint density at radius 2 is 1.38 bits per heavy atom. The molecule has 0 atom stereocenters. The van der Waals surface area contributed by atoms with Crippen LogP contribution in [0.25, 0.3) is 0 Å². The van der Waals surface area contributed by atoms with E-state index in [2.05, 4.69) is 6.92 Å². The molecule has 0 bridgehead atoms. The number of esters is 2. The zero-order valence-corrected chi connectivity index (χ0v) is 15.4. The van der Waals surface area contributed by atoms with Gasteiger partial charge in [0.1, 0.15) is 5.41 Å². The van der Waals surface area contributed by atoms with Crippen molar-refractivity contribution < 1.29 is 19.1 Å². The molecule has 0 saturated heterocycles. The van der Waals surface area contributed by atoms with Gasteiger partial charge in [0.15, 0.2) is 6.61 Å². The van der Waals surface area contributed by atoms with E-state index in [1.807, 2.05) is 67.6 Å². The highest BCUT2D eigenvalue weighted by Gasteiger charge is 2.39. The Morgan fingerprint density at radius 3 is 1.88 bits per heavy atom. The maximum Gasteiger partial charge on any atom is 0.344 e. The van der Waals surface area contributed by atoms with Crippen LogP contribution in [0.15, 0.2) is 60.7 Å². The molecule has 0 fully saturated rings. The monoisotopic (exact) mass is 354 g/mol. The number of rotatable bonds is 9. The molecule has 0 spiro atoms. The van der Waals surface area contributed by atoms with E-state index in [0.717, 1.165) is 30.4 Å². The molecule has 4 nitrogen and oxygen atoms in total. The largest absolute Gasteiger partial charge is 0.463 e. The van der Waals surface area contributed by atoms with Crippen molar-refractivity contribution in [2.45, 2.75) is 38.5 Å². The molecule has 0 aliphatic carbocycles. The van der Waals surface area contributed by atoms with E-state index in [1.165, 1.54) is 0 Å². The first-order valence-corrected chi connectivity index (χ1v) is 9.03. The van der Waals surface area contributed by atoms with Crippen LogP contribution in [0.3, 0.4) is 0 Å². The van der Waals surface area contributed by atoms with Crippen molar-refractivity contribution in [1.29, 1.82) is 0 Å². The molecule has 0 N–H and O–H groups in total. The fourth-order valence-corrected chi connectivity index (χ4v) is 2.79. The maximum atomic E-state index is 12.9. The molecule has 0 aromatic heterocycles. The molecule has 26 heavy (non-hydrogen) atoms. The third kappa shape index (κ3) is 4.94. The Balaban J connectivity index is 2.09. The average Bonchev–Trinajstić information content (AvgIpc) is 2.70. The lowest BCUT2D eigenvalue weighted by molar-refractivity contribution is -0.161. The highest BCUT2D eigenvalue weighted by atomic mass is 16.6. The van der Waals surface area contributed by atoms with Gasteiger partial charge in [-0.05, 0) is 24.5 Å². The minimum absolute atomic E-state index is 0.360. The Hall–Kier alpha value is -2.62. The van der Waals surface area contributed by atoms with Crippen molar-refractivity contribution in [1.82, 2.24) is 0 Å². The van der Waals surface area contributed by atoms with E-state index in [-0.39, 0.29) is 6.61 Å². The van der Waals surface area contributed by atoms with Crippen molar-refractivity contribution in [2.75, 3.05) is 13.2 Å². The van der Waals surface area contributed by atoms with E-state index in [4.69, 9.17) is 9.47 Å². The SMILES string of the molecule is CCCCCOC(=O)COC(=O)C(C)(c1ccccc1)c1ccccc1. The molecule has 2 aromatic carbocycles. The second-order valence-corrected chi connectivity index (χ2v) is 6.36. The van der Waals surface area contributed by atoms with Crippen LogP contribution in [0.4, 0.5) is 0 Å². The summed E-state index contributed by atoms with van der Waals surface area (Å²) in [5.74, 6) is -0.988. The van der Waals surface area contributed by atoms with Gasteiger partial charge in [0, 0.05) is 0 Å². The predicted octanol–water partition coefficient (Wildman–Crippen LogP) is 4.27. The second-order valence-electron chi connectivity index (χ2n) is 6.36. The molecule has 138 valence electrons. The van der Waals surface area contributed by atoms with Gasteiger partial charge in [-0.15, -0.1) is 0 Å². The van der Waals surface area contributed by atoms with E-state index >= 15 is 0 Å². The zero-order valence-electron chi connectivity index (χ0n) is 15.4. The third-order valence-corrected chi connectivity index (χ3v) is 4.44. The van der Waals surface area contributed by atoms with Crippen molar-refractivity contribution in [3.8, 4) is 0 Å². The first-order valence-electron chi connectivity index (χ1n) is 9.03. The number of hydrogen-bond donors (Lipinski definition) is 0. The first kappa shape index (κ1) is 19.7. The van der Waals surface area contributed by atoms with Crippen molar-refractivity contribution >= 4 is 11.9 Å². The van der Waals surface area contributed by atoms with Crippen molar-refractivity contribution in [3.05, 3.63) is 71.8 Å². The van der Waals surface area contributed by atoms with Gasteiger partial charge < -0.3 is 9.47 Å². The van der Waals surface area contributed by atoms with Gasteiger partial charge >= 0.3 is 11.9 Å². The van der Waals surface area contributed by atoms with Gasteiger partial charge in [0.25, 0.3) is 0 Å². The van der Waals surface area contributed by atoms with Crippen molar-refractivity contribution in [3.63, 3.8) is 0 Å². The Labute approximate surface area is 155 Å². The predicted molar refractivity (Wildman–Crippen MR) is 101 cm³/mol. The third-order valence-electron chi connectivity index (χ3n) is 4.44. The number of hydrogen-bond acceptors (Lipinski definition) is 4. The number of unbranched alkanes of at least 4 members (excludes halogenated alkanes) is 2. The van der Waals surface area contributed by atoms with Crippen LogP contribution < -0.4 is 0 Å². The number of benzene rings is 2. The van der Waals surface area contributed by atoms with Crippen LogP contribution in [0, 0.1) is 0 Å². The van der Waals surface area contributed by atoms with E-state index in [0.29, 0.717) is 6.61 Å². The van der Waals surface area contributed by atoms with Crippen LogP contribution in [0.5, 0.6) is 0 Å². The highest BCUT2D eigenvalue weighted by Crippen LogP contribution is 2.33. The van der Waals surface area contributed by atoms with Crippen LogP contribution in [-0.4, -0.2) is 25.2 Å². The summed E-state index contributed by atoms with van der Waals surface area (Å²) in [6.45, 7) is 3.88. The number of ether oxygens (including phenoxy) is 2. The lowest BCUT2D eigenvalue weighted by Gasteiger charge is -2.28. The summed E-state index contributed by atoms with van der Waals surface area (Å²) in [5.41, 5.74) is 0.630. The van der Waals surface area contributed by atoms with Gasteiger partial charge in [-0.2, -0.15) is 0 Å². The number of carbonyl (C=O) groups excluding carboxylic acids is 2. The first-order chi connectivity index (χ1) is 12.6. The molecular formula is C22H26O4. The molecule has 2 rings (SSSR count). The fourth-order valence-electron chi connectivity index (χ4n) is 2.79. The minimum atomic E-state index is -0.995. The van der Waals surface area contributed by atoms with E-state index < -0.39 is 17.4 Å². The summed E-state index contributed by atoms with van der Waals surface area (Å²) >= 11 is 0. The molecule has 0 saturated carbocycles. The molecule has 0 heterocycles. The molecule has 0 aliphatic heterocycles. The minimum Gasteiger partial charge on any atom is -0.463 e. The molecule has 0 amide bonds. The summed E-state index contributed by atoms with van der Waals surface area (Å²) < 4.78 is 10.4. The van der Waals surface area contributed by atoms with Gasteiger partial charge in [0.2, 0.25) is 0 Å². The summed E-state index contributed by atoms with van der Waals surface area (Å²) in [6.07, 6.45) is 2.88. The zero-order chi connectivity index (χ0) is 18.8. The van der Waals surface area contributed by atoms with Crippen LogP contribution >= 0.6 is 0 Å². The van der Waals surface area contributed by atoms with Gasteiger partial charge in [0.05, 0.1) is 6.61 Å². The summed E-state index contributed by atoms with van der Waals surface area (Å²) in [5, 5.41) is 0. The van der Waals surface area contributed by atoms with Crippen LogP contribution in [0.1, 0.15) is 44.2 Å². The topological polar surface area (TPSA) is 52.6 Å². The second kappa shape index (κ2) is 9.76. The van der Waals surface area contributed by atoms with Crippen LogP contribution in [-0.2, 0) is 24.5 Å². The van der Waals surface area contributed by atoms with Gasteiger partial charge in [-0.1, -0.05) is 80.4 Å². The Morgan fingerprint density at radius 1 is 0.846 bits per heavy atom. The summed E-state index contributed by atoms with van der Waals surface area (Å²) in [4.78, 5) is 24.7. The Kier molecular flexibility index (Phi) is 7.39.